The van der Waals surface area contributed by atoms with E-state index in [4.69, 9.17) is 5.11 Å². The number of hydrogen-bond donors (Lipinski definition) is 1. The van der Waals surface area contributed by atoms with Gasteiger partial charge in [-0.1, -0.05) is 6.07 Å². The molecule has 5 nitrogen and oxygen atoms in total. The minimum Gasteiger partial charge on any atom is -0.481 e. The molecule has 5 heteroatoms. The molecule has 3 rings (SSSR count). The summed E-state index contributed by atoms with van der Waals surface area (Å²) in [7, 11) is 0. The molecule has 16 heavy (non-hydrogen) atoms. The number of pyridine rings is 1. The fourth-order valence-electron chi connectivity index (χ4n) is 1.91. The summed E-state index contributed by atoms with van der Waals surface area (Å²) in [5.41, 5.74) is 1.39. The van der Waals surface area contributed by atoms with Crippen LogP contribution in [0.15, 0.2) is 18.3 Å². The van der Waals surface area contributed by atoms with Crippen LogP contribution in [-0.4, -0.2) is 25.7 Å². The number of carbonyl (C=O) groups is 1. The maximum absolute atomic E-state index is 10.7. The second-order valence-corrected chi connectivity index (χ2v) is 4.13. The predicted molar refractivity (Wildman–Crippen MR) is 56.3 cm³/mol. The van der Waals surface area contributed by atoms with Crippen LogP contribution in [0.3, 0.4) is 0 Å². The molecule has 0 aliphatic heterocycles. The van der Waals surface area contributed by atoms with E-state index in [-0.39, 0.29) is 6.42 Å². The zero-order valence-electron chi connectivity index (χ0n) is 8.63. The van der Waals surface area contributed by atoms with Crippen molar-refractivity contribution in [2.24, 2.45) is 0 Å². The summed E-state index contributed by atoms with van der Waals surface area (Å²) in [5.74, 6) is 0.626. The van der Waals surface area contributed by atoms with E-state index in [2.05, 4.69) is 10.2 Å². The van der Waals surface area contributed by atoms with Gasteiger partial charge in [-0.25, -0.2) is 0 Å². The van der Waals surface area contributed by atoms with Gasteiger partial charge in [0.1, 0.15) is 5.82 Å². The molecular weight excluding hydrogens is 206 g/mol. The van der Waals surface area contributed by atoms with E-state index in [1.165, 1.54) is 0 Å². The Morgan fingerprint density at radius 3 is 3.00 bits per heavy atom. The number of nitrogens with zero attached hydrogens (tertiary/aromatic N) is 3. The monoisotopic (exact) mass is 217 g/mol. The molecule has 1 fully saturated rings. The van der Waals surface area contributed by atoms with E-state index in [1.807, 2.05) is 16.7 Å². The van der Waals surface area contributed by atoms with E-state index in [1.54, 1.807) is 6.07 Å². The first kappa shape index (κ1) is 9.33. The largest absolute Gasteiger partial charge is 0.481 e. The third kappa shape index (κ3) is 1.44. The van der Waals surface area contributed by atoms with Gasteiger partial charge in [0.05, 0.1) is 6.42 Å². The Balaban J connectivity index is 2.12. The van der Waals surface area contributed by atoms with E-state index in [0.717, 1.165) is 24.2 Å². The first-order valence-corrected chi connectivity index (χ1v) is 5.30. The number of aliphatic carboxylic acids is 1. The van der Waals surface area contributed by atoms with Crippen LogP contribution >= 0.6 is 0 Å². The summed E-state index contributed by atoms with van der Waals surface area (Å²) < 4.78 is 1.91. The predicted octanol–water partition coefficient (Wildman–Crippen LogP) is 1.23. The van der Waals surface area contributed by atoms with Gasteiger partial charge < -0.3 is 5.11 Å². The molecule has 0 radical (unpaired) electrons. The molecule has 0 bridgehead atoms. The molecule has 0 aromatic carbocycles. The van der Waals surface area contributed by atoms with Crippen molar-refractivity contribution in [2.45, 2.75) is 25.2 Å². The van der Waals surface area contributed by atoms with Gasteiger partial charge in [-0.2, -0.15) is 0 Å². The zero-order valence-corrected chi connectivity index (χ0v) is 8.63. The quantitative estimate of drug-likeness (QED) is 0.839. The van der Waals surface area contributed by atoms with Crippen molar-refractivity contribution >= 4 is 11.6 Å². The van der Waals surface area contributed by atoms with Crippen LogP contribution < -0.4 is 0 Å². The topological polar surface area (TPSA) is 67.5 Å². The van der Waals surface area contributed by atoms with Gasteiger partial charge in [-0.3, -0.25) is 9.20 Å². The zero-order chi connectivity index (χ0) is 11.1. The molecule has 0 spiro atoms. The van der Waals surface area contributed by atoms with Crippen molar-refractivity contribution in [3.05, 3.63) is 29.7 Å². The Labute approximate surface area is 91.7 Å². The van der Waals surface area contributed by atoms with E-state index < -0.39 is 5.97 Å². The summed E-state index contributed by atoms with van der Waals surface area (Å²) in [4.78, 5) is 10.7. The number of aromatic nitrogens is 3. The average Bonchev–Trinajstić information content (AvgIpc) is 2.98. The molecule has 1 saturated carbocycles. The summed E-state index contributed by atoms with van der Waals surface area (Å²) in [6.07, 6.45) is 4.20. The maximum atomic E-state index is 10.7. The van der Waals surface area contributed by atoms with Crippen LogP contribution in [-0.2, 0) is 11.2 Å². The van der Waals surface area contributed by atoms with E-state index >= 15 is 0 Å². The number of fused-ring (bicyclic) bond motifs is 1. The number of carboxylic acid groups (broad SMARTS) is 1. The third-order valence-electron chi connectivity index (χ3n) is 2.83. The normalized spacial score (nSPS) is 15.5. The van der Waals surface area contributed by atoms with Crippen molar-refractivity contribution in [2.75, 3.05) is 0 Å². The van der Waals surface area contributed by atoms with Crippen molar-refractivity contribution in [1.82, 2.24) is 14.6 Å². The maximum Gasteiger partial charge on any atom is 0.307 e. The molecule has 0 amide bonds. The molecule has 0 saturated heterocycles. The van der Waals surface area contributed by atoms with E-state index in [9.17, 15) is 4.79 Å². The third-order valence-corrected chi connectivity index (χ3v) is 2.83. The Morgan fingerprint density at radius 1 is 1.50 bits per heavy atom. The molecule has 2 aromatic rings. The molecule has 1 aliphatic carbocycles. The van der Waals surface area contributed by atoms with Gasteiger partial charge in [0.2, 0.25) is 0 Å². The van der Waals surface area contributed by atoms with Crippen LogP contribution in [0.5, 0.6) is 0 Å². The lowest BCUT2D eigenvalue weighted by Gasteiger charge is -2.00. The van der Waals surface area contributed by atoms with Crippen molar-refractivity contribution in [3.63, 3.8) is 0 Å². The SMILES string of the molecule is O=C(O)Cc1cccn2c(C3CC3)nnc12. The molecule has 0 atom stereocenters. The number of carboxylic acids is 1. The fourth-order valence-corrected chi connectivity index (χ4v) is 1.91. The molecule has 2 heterocycles. The van der Waals surface area contributed by atoms with Crippen LogP contribution in [0.2, 0.25) is 0 Å². The molecule has 1 N–H and O–H groups in total. The minimum atomic E-state index is -0.843. The Kier molecular flexibility index (Phi) is 1.92. The van der Waals surface area contributed by atoms with E-state index in [0.29, 0.717) is 11.6 Å². The van der Waals surface area contributed by atoms with Gasteiger partial charge in [0.15, 0.2) is 5.65 Å². The highest BCUT2D eigenvalue weighted by atomic mass is 16.4. The van der Waals surface area contributed by atoms with Gasteiger partial charge in [0, 0.05) is 17.7 Å². The van der Waals surface area contributed by atoms with Crippen LogP contribution in [0, 0.1) is 0 Å². The van der Waals surface area contributed by atoms with Crippen molar-refractivity contribution in [1.29, 1.82) is 0 Å². The standard InChI is InChI=1S/C11H11N3O2/c15-9(16)6-8-2-1-5-14-10(7-3-4-7)12-13-11(8)14/h1-2,5,7H,3-4,6H2,(H,15,16). The smallest absolute Gasteiger partial charge is 0.307 e. The van der Waals surface area contributed by atoms with Crippen LogP contribution in [0.4, 0.5) is 0 Å². The lowest BCUT2D eigenvalue weighted by Crippen LogP contribution is -2.02. The molecule has 2 aromatic heterocycles. The highest BCUT2D eigenvalue weighted by Gasteiger charge is 2.28. The fraction of sp³-hybridized carbons (Fsp3) is 0.364. The van der Waals surface area contributed by atoms with Gasteiger partial charge in [-0.05, 0) is 18.9 Å². The molecular formula is C11H11N3O2. The highest BCUT2D eigenvalue weighted by molar-refractivity contribution is 5.73. The van der Waals surface area contributed by atoms with Crippen LogP contribution in [0.1, 0.15) is 30.1 Å². The minimum absolute atomic E-state index is 0.00681. The van der Waals surface area contributed by atoms with Gasteiger partial charge >= 0.3 is 5.97 Å². The second-order valence-electron chi connectivity index (χ2n) is 4.13. The molecule has 1 aliphatic rings. The highest BCUT2D eigenvalue weighted by Crippen LogP contribution is 2.39. The van der Waals surface area contributed by atoms with Crippen LogP contribution in [0.25, 0.3) is 5.65 Å². The summed E-state index contributed by atoms with van der Waals surface area (Å²) >= 11 is 0. The lowest BCUT2D eigenvalue weighted by atomic mass is 10.2. The summed E-state index contributed by atoms with van der Waals surface area (Å²) in [5, 5.41) is 17.0. The Morgan fingerprint density at radius 2 is 2.31 bits per heavy atom. The first-order chi connectivity index (χ1) is 7.75. The van der Waals surface area contributed by atoms with Gasteiger partial charge in [0.25, 0.3) is 0 Å². The summed E-state index contributed by atoms with van der Waals surface area (Å²) in [6.45, 7) is 0. The second kappa shape index (κ2) is 3.30. The first-order valence-electron chi connectivity index (χ1n) is 5.30. The number of rotatable bonds is 3. The van der Waals surface area contributed by atoms with Crippen molar-refractivity contribution in [3.8, 4) is 0 Å². The molecule has 0 unspecified atom stereocenters. The summed E-state index contributed by atoms with van der Waals surface area (Å²) in [6, 6.07) is 3.63. The Hall–Kier alpha value is -1.91. The average molecular weight is 217 g/mol. The lowest BCUT2D eigenvalue weighted by molar-refractivity contribution is -0.136. The Bertz CT molecular complexity index is 557. The number of hydrogen-bond acceptors (Lipinski definition) is 3. The van der Waals surface area contributed by atoms with Crippen molar-refractivity contribution < 1.29 is 9.90 Å². The van der Waals surface area contributed by atoms with Gasteiger partial charge in [-0.15, -0.1) is 10.2 Å². The molecule has 82 valence electrons.